The Morgan fingerprint density at radius 1 is 1.13 bits per heavy atom. The van der Waals surface area contributed by atoms with Crippen molar-refractivity contribution in [3.8, 4) is 17.6 Å². The summed E-state index contributed by atoms with van der Waals surface area (Å²) in [5, 5.41) is 41.4. The Morgan fingerprint density at radius 2 is 1.81 bits per heavy atom. The number of benzene rings is 3. The van der Waals surface area contributed by atoms with Crippen molar-refractivity contribution in [2.24, 2.45) is 0 Å². The number of nitrogens with one attached hydrogen (secondary N) is 1. The molecule has 0 spiro atoms. The zero-order valence-corrected chi connectivity index (χ0v) is 16.3. The second-order valence-electron chi connectivity index (χ2n) is 6.86. The molecule has 0 amide bonds. The third-order valence-electron chi connectivity index (χ3n) is 4.88. The van der Waals surface area contributed by atoms with Crippen molar-refractivity contribution in [1.29, 1.82) is 5.26 Å². The number of H-pyrrole nitrogens is 1. The number of hydrogen-bond acceptors (Lipinski definition) is 7. The molecule has 0 aliphatic heterocycles. The van der Waals surface area contributed by atoms with Gasteiger partial charge in [0.1, 0.15) is 28.7 Å². The van der Waals surface area contributed by atoms with Crippen molar-refractivity contribution in [2.45, 2.75) is 13.0 Å². The fourth-order valence-corrected chi connectivity index (χ4v) is 3.28. The average Bonchev–Trinajstić information content (AvgIpc) is 3.20. The van der Waals surface area contributed by atoms with E-state index in [0.29, 0.717) is 16.4 Å². The summed E-state index contributed by atoms with van der Waals surface area (Å²) in [6.45, 7) is 1.38. The lowest BCUT2D eigenvalue weighted by Crippen LogP contribution is -2.18. The number of rotatable bonds is 4. The molecule has 0 unspecified atom stereocenters. The number of hydrogen-bond donors (Lipinski definition) is 4. The van der Waals surface area contributed by atoms with Crippen molar-refractivity contribution in [3.05, 3.63) is 71.7 Å². The Bertz CT molecular complexity index is 1360. The van der Waals surface area contributed by atoms with Gasteiger partial charge in [0.15, 0.2) is 17.7 Å². The maximum Gasteiger partial charge on any atom is 0.342 e. The van der Waals surface area contributed by atoms with Gasteiger partial charge in [-0.2, -0.15) is 5.26 Å². The van der Waals surface area contributed by atoms with Gasteiger partial charge in [-0.25, -0.2) is 9.78 Å². The van der Waals surface area contributed by atoms with Gasteiger partial charge in [0.2, 0.25) is 0 Å². The lowest BCUT2D eigenvalue weighted by atomic mass is 10.0. The molecule has 4 N–H and O–H groups in total. The molecule has 0 bridgehead atoms. The number of aromatic nitrogens is 2. The number of allylic oxidation sites excluding steroid dienone is 1. The SMILES string of the molecule is C[C@H](OC(=O)c1cc(O)c2ccccc2c1O)/C(O)=C(\C#N)c1nc2ccccc2[nH]1. The summed E-state index contributed by atoms with van der Waals surface area (Å²) < 4.78 is 5.25. The molecular weight excluding hydrogens is 398 g/mol. The maximum absolute atomic E-state index is 12.6. The van der Waals surface area contributed by atoms with Crippen LogP contribution in [0.15, 0.2) is 60.4 Å². The van der Waals surface area contributed by atoms with Crippen LogP contribution in [-0.2, 0) is 4.74 Å². The molecule has 0 aliphatic carbocycles. The number of nitrogens with zero attached hydrogens (tertiary/aromatic N) is 2. The van der Waals surface area contributed by atoms with E-state index in [4.69, 9.17) is 4.74 Å². The van der Waals surface area contributed by atoms with Crippen LogP contribution in [0, 0.1) is 11.3 Å². The molecule has 1 heterocycles. The van der Waals surface area contributed by atoms with Gasteiger partial charge in [-0.3, -0.25) is 0 Å². The Hall–Kier alpha value is -4.51. The first-order valence-corrected chi connectivity index (χ1v) is 9.33. The molecule has 3 aromatic carbocycles. The highest BCUT2D eigenvalue weighted by atomic mass is 16.6. The van der Waals surface area contributed by atoms with Gasteiger partial charge >= 0.3 is 5.97 Å². The number of ether oxygens (including phenoxy) is 1. The molecule has 8 nitrogen and oxygen atoms in total. The molecule has 1 aromatic heterocycles. The highest BCUT2D eigenvalue weighted by Crippen LogP contribution is 2.36. The average molecular weight is 415 g/mol. The van der Waals surface area contributed by atoms with Gasteiger partial charge in [-0.1, -0.05) is 36.4 Å². The maximum atomic E-state index is 12.6. The molecule has 154 valence electrons. The largest absolute Gasteiger partial charge is 0.507 e. The minimum Gasteiger partial charge on any atom is -0.507 e. The highest BCUT2D eigenvalue weighted by molar-refractivity contribution is 6.03. The molecule has 31 heavy (non-hydrogen) atoms. The van der Waals surface area contributed by atoms with Crippen molar-refractivity contribution >= 4 is 33.3 Å². The summed E-state index contributed by atoms with van der Waals surface area (Å²) in [6.07, 6.45) is -1.22. The van der Waals surface area contributed by atoms with E-state index in [1.54, 1.807) is 48.5 Å². The fourth-order valence-electron chi connectivity index (χ4n) is 3.28. The zero-order chi connectivity index (χ0) is 22.1. The molecule has 8 heteroatoms. The quantitative estimate of drug-likeness (QED) is 0.170. The molecular formula is C23H17N3O5. The first-order valence-electron chi connectivity index (χ1n) is 9.33. The minimum atomic E-state index is -1.22. The van der Waals surface area contributed by atoms with Crippen LogP contribution in [0.4, 0.5) is 0 Å². The first kappa shape index (κ1) is 19.8. The van der Waals surface area contributed by atoms with E-state index in [1.165, 1.54) is 6.92 Å². The van der Waals surface area contributed by atoms with Gasteiger partial charge in [-0.05, 0) is 25.1 Å². The van der Waals surface area contributed by atoms with E-state index in [2.05, 4.69) is 9.97 Å². The van der Waals surface area contributed by atoms with Crippen LogP contribution >= 0.6 is 0 Å². The van der Waals surface area contributed by atoms with E-state index >= 15 is 0 Å². The van der Waals surface area contributed by atoms with E-state index in [0.717, 1.165) is 6.07 Å². The highest BCUT2D eigenvalue weighted by Gasteiger charge is 2.24. The molecule has 0 fully saturated rings. The van der Waals surface area contributed by atoms with Crippen LogP contribution in [0.5, 0.6) is 11.5 Å². The lowest BCUT2D eigenvalue weighted by molar-refractivity contribution is 0.0331. The van der Waals surface area contributed by atoms with Crippen LogP contribution in [-0.4, -0.2) is 37.4 Å². The topological polar surface area (TPSA) is 139 Å². The second-order valence-corrected chi connectivity index (χ2v) is 6.86. The third-order valence-corrected chi connectivity index (χ3v) is 4.88. The Labute approximate surface area is 176 Å². The van der Waals surface area contributed by atoms with Crippen molar-refractivity contribution in [2.75, 3.05) is 0 Å². The number of aliphatic hydroxyl groups excluding tert-OH is 1. The Balaban J connectivity index is 1.66. The Morgan fingerprint density at radius 3 is 2.52 bits per heavy atom. The first-order chi connectivity index (χ1) is 14.9. The molecule has 0 aliphatic rings. The summed E-state index contributed by atoms with van der Waals surface area (Å²) in [4.78, 5) is 19.8. The van der Waals surface area contributed by atoms with E-state index in [1.807, 2.05) is 6.07 Å². The summed E-state index contributed by atoms with van der Waals surface area (Å²) in [5.41, 5.74) is 0.846. The summed E-state index contributed by atoms with van der Waals surface area (Å²) >= 11 is 0. The number of imidazole rings is 1. The number of esters is 1. The number of carbonyl (C=O) groups is 1. The molecule has 1 atom stereocenters. The van der Waals surface area contributed by atoms with Gasteiger partial charge in [0.25, 0.3) is 0 Å². The summed E-state index contributed by atoms with van der Waals surface area (Å²) in [7, 11) is 0. The lowest BCUT2D eigenvalue weighted by Gasteiger charge is -2.15. The van der Waals surface area contributed by atoms with E-state index in [-0.39, 0.29) is 33.8 Å². The number of aromatic amines is 1. The smallest absolute Gasteiger partial charge is 0.342 e. The van der Waals surface area contributed by atoms with Gasteiger partial charge < -0.3 is 25.0 Å². The Kier molecular flexibility index (Phi) is 4.93. The van der Waals surface area contributed by atoms with Crippen molar-refractivity contribution in [1.82, 2.24) is 9.97 Å². The van der Waals surface area contributed by atoms with Crippen LogP contribution in [0.25, 0.3) is 27.4 Å². The standard InChI is InChI=1S/C23H17N3O5/c1-12(20(28)16(11-24)22-25-17-8-4-5-9-18(17)26-22)31-23(30)15-10-19(27)13-6-2-3-7-14(13)21(15)29/h2-10,12,27-29H,1H3,(H,25,26)/b20-16-/t12-/m0/s1. The van der Waals surface area contributed by atoms with E-state index < -0.39 is 17.8 Å². The number of phenolic OH excluding ortho intramolecular Hbond substituents is 2. The van der Waals surface area contributed by atoms with Gasteiger partial charge in [0.05, 0.1) is 11.0 Å². The monoisotopic (exact) mass is 415 g/mol. The van der Waals surface area contributed by atoms with E-state index in [9.17, 15) is 25.4 Å². The molecule has 0 radical (unpaired) electrons. The third kappa shape index (κ3) is 3.49. The summed E-state index contributed by atoms with van der Waals surface area (Å²) in [5.74, 6) is -1.89. The molecule has 4 aromatic rings. The summed E-state index contributed by atoms with van der Waals surface area (Å²) in [6, 6.07) is 16.6. The number of fused-ring (bicyclic) bond motifs is 2. The van der Waals surface area contributed by atoms with Crippen LogP contribution in [0.2, 0.25) is 0 Å². The fraction of sp³-hybridized carbons (Fsp3) is 0.0870. The number of aliphatic hydroxyl groups is 1. The van der Waals surface area contributed by atoms with Gasteiger partial charge in [-0.15, -0.1) is 0 Å². The molecule has 0 saturated carbocycles. The zero-order valence-electron chi connectivity index (χ0n) is 16.3. The number of aromatic hydroxyl groups is 2. The molecule has 4 rings (SSSR count). The van der Waals surface area contributed by atoms with Crippen LogP contribution in [0.3, 0.4) is 0 Å². The number of nitriles is 1. The molecule has 0 saturated heterocycles. The van der Waals surface area contributed by atoms with Crippen molar-refractivity contribution in [3.63, 3.8) is 0 Å². The van der Waals surface area contributed by atoms with Crippen LogP contribution in [0.1, 0.15) is 23.1 Å². The normalized spacial score (nSPS) is 12.9. The number of carbonyl (C=O) groups excluding carboxylic acids is 1. The predicted molar refractivity (Wildman–Crippen MR) is 113 cm³/mol. The second kappa shape index (κ2) is 7.72. The predicted octanol–water partition coefficient (Wildman–Crippen LogP) is 4.17. The number of para-hydroxylation sites is 2. The van der Waals surface area contributed by atoms with Crippen LogP contribution < -0.4 is 0 Å². The number of phenols is 2. The van der Waals surface area contributed by atoms with Crippen molar-refractivity contribution < 1.29 is 24.9 Å². The van der Waals surface area contributed by atoms with Gasteiger partial charge in [0, 0.05) is 10.8 Å². The minimum absolute atomic E-state index is 0.135.